The molecule has 1 aromatic heterocycles. The average molecular weight is 205 g/mol. The van der Waals surface area contributed by atoms with E-state index in [0.717, 1.165) is 6.20 Å². The summed E-state index contributed by atoms with van der Waals surface area (Å²) >= 11 is 0. The fraction of sp³-hybridized carbons (Fsp3) is 0. The number of hydrogen-bond donors (Lipinski definition) is 1. The Morgan fingerprint density at radius 1 is 1.33 bits per heavy atom. The van der Waals surface area contributed by atoms with Crippen LogP contribution in [0.15, 0.2) is 30.5 Å². The molecule has 2 N–H and O–H groups in total. The highest BCUT2D eigenvalue weighted by Gasteiger charge is 2.21. The maximum Gasteiger partial charge on any atom is 0.312 e. The minimum atomic E-state index is -0.586. The number of hydrogen-bond acceptors (Lipinski definition) is 4. The molecular weight excluding hydrogens is 198 g/mol. The average Bonchev–Trinajstić information content (AvgIpc) is 2.17. The molecule has 0 aliphatic rings. The third-order valence-electron chi connectivity index (χ3n) is 2.11. The number of nitrogens with zero attached hydrogens (tertiary/aromatic N) is 2. The molecular formula is C9H7N3O3. The van der Waals surface area contributed by atoms with Crippen molar-refractivity contribution in [1.29, 1.82) is 0 Å². The molecule has 6 nitrogen and oxygen atoms in total. The van der Waals surface area contributed by atoms with Gasteiger partial charge in [-0.2, -0.15) is 4.73 Å². The van der Waals surface area contributed by atoms with E-state index in [1.165, 1.54) is 12.1 Å². The minimum absolute atomic E-state index is 0.131. The number of nitrogen functional groups attached to an aromatic ring is 1. The first kappa shape index (κ1) is 9.20. The van der Waals surface area contributed by atoms with Crippen molar-refractivity contribution in [2.75, 3.05) is 5.73 Å². The summed E-state index contributed by atoms with van der Waals surface area (Å²) in [4.78, 5) is 10.2. The lowest BCUT2D eigenvalue weighted by atomic mass is 10.2. The minimum Gasteiger partial charge on any atom is -0.618 e. The molecule has 0 aliphatic heterocycles. The summed E-state index contributed by atoms with van der Waals surface area (Å²) in [6.07, 6.45) is 1.00. The van der Waals surface area contributed by atoms with E-state index in [4.69, 9.17) is 5.73 Å². The Kier molecular flexibility index (Phi) is 1.89. The lowest BCUT2D eigenvalue weighted by Crippen LogP contribution is -2.27. The summed E-state index contributed by atoms with van der Waals surface area (Å²) in [5.41, 5.74) is 5.31. The third-order valence-corrected chi connectivity index (χ3v) is 2.11. The van der Waals surface area contributed by atoms with Gasteiger partial charge in [-0.15, -0.1) is 0 Å². The molecule has 0 fully saturated rings. The van der Waals surface area contributed by atoms with Gasteiger partial charge in [-0.25, -0.2) is 0 Å². The zero-order valence-electron chi connectivity index (χ0n) is 7.58. The largest absolute Gasteiger partial charge is 0.618 e. The quantitative estimate of drug-likeness (QED) is 0.324. The molecule has 0 atom stereocenters. The van der Waals surface area contributed by atoms with Gasteiger partial charge < -0.3 is 10.9 Å². The first-order valence-electron chi connectivity index (χ1n) is 4.16. The normalized spacial score (nSPS) is 10.4. The molecule has 1 heterocycles. The Labute approximate surface area is 84.3 Å². The summed E-state index contributed by atoms with van der Waals surface area (Å²) in [6, 6.07) is 6.26. The molecule has 0 unspecified atom stereocenters. The van der Waals surface area contributed by atoms with Gasteiger partial charge >= 0.3 is 5.69 Å². The van der Waals surface area contributed by atoms with Crippen LogP contribution in [0.2, 0.25) is 0 Å². The number of nitrogens with two attached hydrogens (primary N) is 1. The van der Waals surface area contributed by atoms with E-state index in [9.17, 15) is 15.3 Å². The van der Waals surface area contributed by atoms with E-state index >= 15 is 0 Å². The van der Waals surface area contributed by atoms with Crippen LogP contribution in [0.1, 0.15) is 0 Å². The number of nitro groups is 1. The Bertz CT molecular complexity index is 554. The van der Waals surface area contributed by atoms with Gasteiger partial charge in [0.2, 0.25) is 11.7 Å². The van der Waals surface area contributed by atoms with Crippen LogP contribution in [-0.2, 0) is 0 Å². The molecule has 15 heavy (non-hydrogen) atoms. The summed E-state index contributed by atoms with van der Waals surface area (Å²) < 4.78 is 0.525. The molecule has 0 bridgehead atoms. The monoisotopic (exact) mass is 205 g/mol. The molecule has 76 valence electrons. The Morgan fingerprint density at radius 3 is 2.67 bits per heavy atom. The van der Waals surface area contributed by atoms with E-state index in [0.29, 0.717) is 4.73 Å². The maximum absolute atomic E-state index is 11.4. The van der Waals surface area contributed by atoms with E-state index in [2.05, 4.69) is 0 Å². The second-order valence-electron chi connectivity index (χ2n) is 3.03. The molecule has 0 saturated heterocycles. The number of para-hydroxylation sites is 1. The van der Waals surface area contributed by atoms with E-state index < -0.39 is 4.92 Å². The second-order valence-corrected chi connectivity index (χ2v) is 3.03. The lowest BCUT2D eigenvalue weighted by molar-refractivity contribution is -0.576. The van der Waals surface area contributed by atoms with Gasteiger partial charge in [0.15, 0.2) is 5.69 Å². The molecule has 0 amide bonds. The van der Waals surface area contributed by atoms with Gasteiger partial charge in [0.1, 0.15) is 5.39 Å². The predicted molar refractivity (Wildman–Crippen MR) is 54.0 cm³/mol. The number of benzene rings is 1. The summed E-state index contributed by atoms with van der Waals surface area (Å²) in [7, 11) is 0. The number of pyridine rings is 1. The van der Waals surface area contributed by atoms with Gasteiger partial charge in [-0.1, -0.05) is 12.1 Å². The highest BCUT2D eigenvalue weighted by atomic mass is 16.6. The van der Waals surface area contributed by atoms with Crippen molar-refractivity contribution in [3.63, 3.8) is 0 Å². The lowest BCUT2D eigenvalue weighted by Gasteiger charge is -2.03. The van der Waals surface area contributed by atoms with Crippen LogP contribution in [0, 0.1) is 15.3 Å². The van der Waals surface area contributed by atoms with E-state index in [-0.39, 0.29) is 22.3 Å². The molecule has 1 aromatic carbocycles. The van der Waals surface area contributed by atoms with Crippen molar-refractivity contribution < 1.29 is 9.65 Å². The molecule has 2 rings (SSSR count). The first-order valence-corrected chi connectivity index (χ1v) is 4.16. The summed E-state index contributed by atoms with van der Waals surface area (Å²) in [5.74, 6) is 0. The van der Waals surface area contributed by atoms with Crippen molar-refractivity contribution in [2.24, 2.45) is 0 Å². The van der Waals surface area contributed by atoms with Crippen LogP contribution in [0.3, 0.4) is 0 Å². The predicted octanol–water partition coefficient (Wildman–Crippen LogP) is 0.964. The van der Waals surface area contributed by atoms with Crippen molar-refractivity contribution in [3.8, 4) is 0 Å². The van der Waals surface area contributed by atoms with Crippen LogP contribution in [0.5, 0.6) is 0 Å². The summed E-state index contributed by atoms with van der Waals surface area (Å²) in [5, 5.41) is 22.4. The molecule has 0 saturated carbocycles. The molecule has 0 spiro atoms. The van der Waals surface area contributed by atoms with Gasteiger partial charge in [0.05, 0.1) is 4.92 Å². The number of rotatable bonds is 1. The molecule has 0 aliphatic carbocycles. The smallest absolute Gasteiger partial charge is 0.312 e. The third kappa shape index (κ3) is 1.32. The molecule has 0 radical (unpaired) electrons. The van der Waals surface area contributed by atoms with Crippen molar-refractivity contribution in [2.45, 2.75) is 0 Å². The fourth-order valence-corrected chi connectivity index (χ4v) is 1.48. The van der Waals surface area contributed by atoms with E-state index in [1.54, 1.807) is 12.1 Å². The van der Waals surface area contributed by atoms with Crippen molar-refractivity contribution in [1.82, 2.24) is 0 Å². The number of fused-ring (bicyclic) bond motifs is 1. The maximum atomic E-state index is 11.4. The van der Waals surface area contributed by atoms with Crippen LogP contribution in [0.25, 0.3) is 10.9 Å². The zero-order valence-corrected chi connectivity index (χ0v) is 7.58. The number of aromatic nitrogens is 1. The topological polar surface area (TPSA) is 96.1 Å². The van der Waals surface area contributed by atoms with Crippen LogP contribution in [-0.4, -0.2) is 4.92 Å². The van der Waals surface area contributed by atoms with Gasteiger partial charge in [-0.05, 0) is 6.07 Å². The van der Waals surface area contributed by atoms with Crippen LogP contribution in [0.4, 0.5) is 11.4 Å². The Hall–Kier alpha value is -2.37. The SMILES string of the molecule is Nc1c[n+]([O-])c2ccccc2c1[N+](=O)[O-]. The van der Waals surface area contributed by atoms with Crippen molar-refractivity contribution >= 4 is 22.3 Å². The zero-order chi connectivity index (χ0) is 11.0. The Balaban J connectivity index is 2.96. The van der Waals surface area contributed by atoms with Crippen LogP contribution < -0.4 is 10.5 Å². The van der Waals surface area contributed by atoms with Crippen molar-refractivity contribution in [3.05, 3.63) is 45.8 Å². The second kappa shape index (κ2) is 3.09. The van der Waals surface area contributed by atoms with Gasteiger partial charge in [0, 0.05) is 6.07 Å². The molecule has 2 aromatic rings. The van der Waals surface area contributed by atoms with E-state index in [1.807, 2.05) is 0 Å². The summed E-state index contributed by atoms with van der Waals surface area (Å²) in [6.45, 7) is 0. The molecule has 6 heteroatoms. The highest BCUT2D eigenvalue weighted by molar-refractivity contribution is 5.90. The standard InChI is InChI=1S/C9H7N3O3/c10-7-5-11(13)8-4-2-1-3-6(8)9(7)12(14)15/h1-5H,10H2. The van der Waals surface area contributed by atoms with Crippen LogP contribution >= 0.6 is 0 Å². The first-order chi connectivity index (χ1) is 7.11. The Morgan fingerprint density at radius 2 is 2.00 bits per heavy atom. The fourth-order valence-electron chi connectivity index (χ4n) is 1.48. The van der Waals surface area contributed by atoms with Gasteiger partial charge in [0.25, 0.3) is 0 Å². The highest BCUT2D eigenvalue weighted by Crippen LogP contribution is 2.28. The number of anilines is 1. The van der Waals surface area contributed by atoms with Gasteiger partial charge in [-0.3, -0.25) is 10.1 Å².